The van der Waals surface area contributed by atoms with Gasteiger partial charge in [0.25, 0.3) is 0 Å². The van der Waals surface area contributed by atoms with Crippen molar-refractivity contribution in [2.75, 3.05) is 19.8 Å². The van der Waals surface area contributed by atoms with Crippen LogP contribution in [0.3, 0.4) is 0 Å². The molecular weight excluding hydrogens is 505 g/mol. The van der Waals surface area contributed by atoms with E-state index in [1.165, 1.54) is 0 Å². The lowest BCUT2D eigenvalue weighted by atomic mass is 9.44. The first kappa shape index (κ1) is 27.8. The summed E-state index contributed by atoms with van der Waals surface area (Å²) in [7, 11) is -6.14. The van der Waals surface area contributed by atoms with Gasteiger partial charge in [0.05, 0.1) is 13.2 Å². The van der Waals surface area contributed by atoms with Crippen LogP contribution in [0.2, 0.25) is 0 Å². The van der Waals surface area contributed by atoms with E-state index < -0.39 is 45.7 Å². The minimum atomic E-state index is -6.14. The third kappa shape index (κ3) is 5.62. The van der Waals surface area contributed by atoms with Crippen molar-refractivity contribution >= 4 is 16.2 Å². The van der Waals surface area contributed by atoms with E-state index in [-0.39, 0.29) is 5.41 Å². The van der Waals surface area contributed by atoms with Crippen LogP contribution in [0.25, 0.3) is 0 Å². The van der Waals surface area contributed by atoms with Crippen LogP contribution in [-0.2, 0) is 38.7 Å². The van der Waals surface area contributed by atoms with Crippen LogP contribution in [0.5, 0.6) is 0 Å². The predicted molar refractivity (Wildman–Crippen MR) is 121 cm³/mol. The molecule has 5 aliphatic rings. The lowest BCUT2D eigenvalue weighted by molar-refractivity contribution is -0.460. The molecule has 0 aromatic rings. The molecule has 8 nitrogen and oxygen atoms in total. The van der Waals surface area contributed by atoms with Crippen LogP contribution >= 0.6 is 0 Å². The first-order valence-electron chi connectivity index (χ1n) is 12.4. The minimum Gasteiger partial charge on any atom is -0.462 e. The summed E-state index contributed by atoms with van der Waals surface area (Å²) in [6.45, 7) is 8.14. The van der Waals surface area contributed by atoms with Gasteiger partial charge in [-0.1, -0.05) is 10.5 Å². The molecule has 0 amide bonds. The van der Waals surface area contributed by atoms with E-state index >= 15 is 0 Å². The molecule has 1 aliphatic heterocycles. The van der Waals surface area contributed by atoms with Crippen LogP contribution in [0.1, 0.15) is 65.2 Å². The fourth-order valence-corrected chi connectivity index (χ4v) is 7.19. The van der Waals surface area contributed by atoms with Gasteiger partial charge in [-0.25, -0.2) is 4.79 Å². The topological polar surface area (TPSA) is 97.4 Å². The largest absolute Gasteiger partial charge is 0.462 e. The number of hydrogen-bond donors (Lipinski definition) is 0. The molecule has 5 fully saturated rings. The zero-order valence-electron chi connectivity index (χ0n) is 20.7. The molecule has 206 valence electrons. The van der Waals surface area contributed by atoms with Crippen molar-refractivity contribution in [1.29, 1.82) is 0 Å². The zero-order valence-corrected chi connectivity index (χ0v) is 21.5. The van der Waals surface area contributed by atoms with E-state index in [1.807, 2.05) is 6.92 Å². The monoisotopic (exact) mass is 540 g/mol. The maximum Gasteiger partial charge on any atom is 0.423 e. The molecule has 3 atom stereocenters. The Labute approximate surface area is 210 Å². The first-order valence-corrected chi connectivity index (χ1v) is 13.8. The van der Waals surface area contributed by atoms with Crippen molar-refractivity contribution in [2.45, 2.75) is 89.3 Å². The summed E-state index contributed by atoms with van der Waals surface area (Å²) in [5.74, 6) is 0.352. The number of hydrogen-bond acceptors (Lipinski definition) is 8. The summed E-state index contributed by atoms with van der Waals surface area (Å²) in [6.07, 6.45) is 2.63. The minimum absolute atomic E-state index is 0.162. The highest BCUT2D eigenvalue weighted by Crippen LogP contribution is 2.68. The Morgan fingerprint density at radius 1 is 1.11 bits per heavy atom. The first-order chi connectivity index (χ1) is 16.8. The van der Waals surface area contributed by atoms with Crippen molar-refractivity contribution in [3.63, 3.8) is 0 Å². The fourth-order valence-electron chi connectivity index (χ4n) is 6.85. The number of esters is 1. The SMILES string of the molecule is C=C(C)C(=O)OCCCCOC(C)OCC12CC3CC(C1)CC(C1OC(C(F)(F)S(=O)(=O)F)O1)(C3)C2. The van der Waals surface area contributed by atoms with E-state index in [9.17, 15) is 25.9 Å². The Kier molecular flexibility index (Phi) is 7.85. The molecule has 4 saturated carbocycles. The molecule has 0 N–H and O–H groups in total. The van der Waals surface area contributed by atoms with Gasteiger partial charge in [-0.15, -0.1) is 0 Å². The number of carbonyl (C=O) groups is 1. The molecule has 4 bridgehead atoms. The standard InChI is InChI=1S/C24H35F3O8S/c1-15(2)19(28)32-7-5-4-6-31-16(3)33-14-22-9-17-8-18(10-22)12-23(11-17,13-22)20-34-21(35-20)24(25,26)36(27,29)30/h16-18,20-21H,1,4-14H2,2-3H3. The Balaban J connectivity index is 1.25. The average Bonchev–Trinajstić information content (AvgIpc) is 2.71. The van der Waals surface area contributed by atoms with Gasteiger partial charge in [-0.05, 0) is 82.5 Å². The van der Waals surface area contributed by atoms with E-state index in [0.717, 1.165) is 32.1 Å². The highest BCUT2D eigenvalue weighted by molar-refractivity contribution is 7.87. The second-order valence-electron chi connectivity index (χ2n) is 11.1. The van der Waals surface area contributed by atoms with Gasteiger partial charge in [0.2, 0.25) is 6.29 Å². The molecule has 4 aliphatic carbocycles. The van der Waals surface area contributed by atoms with Crippen molar-refractivity contribution < 1.29 is 49.6 Å². The molecule has 0 radical (unpaired) electrons. The predicted octanol–water partition coefficient (Wildman–Crippen LogP) is 4.44. The second kappa shape index (κ2) is 10.2. The van der Waals surface area contributed by atoms with E-state index in [4.69, 9.17) is 23.7 Å². The Morgan fingerprint density at radius 3 is 2.31 bits per heavy atom. The highest BCUT2D eigenvalue weighted by Gasteiger charge is 2.68. The Hall–Kier alpha value is -1.21. The smallest absolute Gasteiger partial charge is 0.423 e. The van der Waals surface area contributed by atoms with Crippen LogP contribution in [0, 0.1) is 22.7 Å². The van der Waals surface area contributed by atoms with Gasteiger partial charge in [0.15, 0.2) is 12.6 Å². The van der Waals surface area contributed by atoms with Crippen molar-refractivity contribution in [3.05, 3.63) is 12.2 Å². The van der Waals surface area contributed by atoms with Gasteiger partial charge in [0, 0.05) is 17.6 Å². The van der Waals surface area contributed by atoms with Gasteiger partial charge in [0.1, 0.15) is 0 Å². The van der Waals surface area contributed by atoms with Gasteiger partial charge >= 0.3 is 21.4 Å². The molecule has 0 aromatic heterocycles. The van der Waals surface area contributed by atoms with Gasteiger partial charge in [-0.2, -0.15) is 17.2 Å². The number of unbranched alkanes of at least 4 members (excludes halogenated alkanes) is 1. The van der Waals surface area contributed by atoms with Crippen LogP contribution < -0.4 is 0 Å². The number of halogens is 3. The molecule has 36 heavy (non-hydrogen) atoms. The zero-order chi connectivity index (χ0) is 26.4. The summed E-state index contributed by atoms with van der Waals surface area (Å²) in [4.78, 5) is 11.4. The molecule has 0 spiro atoms. The third-order valence-electron chi connectivity index (χ3n) is 7.92. The Bertz CT molecular complexity index is 935. The molecule has 0 aromatic carbocycles. The molecule has 12 heteroatoms. The normalized spacial score (nSPS) is 36.4. The summed E-state index contributed by atoms with van der Waals surface area (Å²) in [6, 6.07) is 0. The summed E-state index contributed by atoms with van der Waals surface area (Å²) in [5, 5.41) is -4.73. The quantitative estimate of drug-likeness (QED) is 0.111. The summed E-state index contributed by atoms with van der Waals surface area (Å²) < 4.78 is 89.4. The van der Waals surface area contributed by atoms with E-state index in [0.29, 0.717) is 56.5 Å². The number of rotatable bonds is 13. The van der Waals surface area contributed by atoms with Crippen molar-refractivity contribution in [2.24, 2.45) is 22.7 Å². The highest BCUT2D eigenvalue weighted by atomic mass is 32.3. The van der Waals surface area contributed by atoms with Crippen LogP contribution in [0.15, 0.2) is 12.2 Å². The second-order valence-corrected chi connectivity index (χ2v) is 12.6. The van der Waals surface area contributed by atoms with E-state index in [1.54, 1.807) is 6.92 Å². The molecule has 3 unspecified atom stereocenters. The van der Waals surface area contributed by atoms with Crippen molar-refractivity contribution in [3.8, 4) is 0 Å². The van der Waals surface area contributed by atoms with E-state index in [2.05, 4.69) is 6.58 Å². The number of carbonyl (C=O) groups excluding carboxylic acids is 1. The Morgan fingerprint density at radius 2 is 1.72 bits per heavy atom. The lowest BCUT2D eigenvalue weighted by Gasteiger charge is -2.65. The maximum absolute atomic E-state index is 13.8. The van der Waals surface area contributed by atoms with Crippen molar-refractivity contribution in [1.82, 2.24) is 0 Å². The van der Waals surface area contributed by atoms with Gasteiger partial charge in [-0.3, -0.25) is 0 Å². The number of ether oxygens (including phenoxy) is 5. The third-order valence-corrected chi connectivity index (χ3v) is 8.76. The van der Waals surface area contributed by atoms with Crippen LogP contribution in [0.4, 0.5) is 12.7 Å². The molecule has 1 saturated heterocycles. The molecular formula is C24H35F3O8S. The lowest BCUT2D eigenvalue weighted by Crippen LogP contribution is -2.65. The summed E-state index contributed by atoms with van der Waals surface area (Å²) in [5.41, 5.74) is -0.309. The summed E-state index contributed by atoms with van der Waals surface area (Å²) >= 11 is 0. The molecule has 1 heterocycles. The average molecular weight is 541 g/mol. The maximum atomic E-state index is 13.8. The fraction of sp³-hybridized carbons (Fsp3) is 0.875. The number of alkyl halides is 2. The van der Waals surface area contributed by atoms with Gasteiger partial charge < -0.3 is 23.7 Å². The van der Waals surface area contributed by atoms with Crippen LogP contribution in [-0.4, -0.2) is 58.3 Å². The molecule has 5 rings (SSSR count).